The summed E-state index contributed by atoms with van der Waals surface area (Å²) >= 11 is 1.37. The van der Waals surface area contributed by atoms with Crippen molar-refractivity contribution in [3.05, 3.63) is 16.1 Å². The van der Waals surface area contributed by atoms with Gasteiger partial charge in [0.25, 0.3) is 0 Å². The Kier molecular flexibility index (Phi) is 3.19. The van der Waals surface area contributed by atoms with Gasteiger partial charge in [-0.25, -0.2) is 9.78 Å². The lowest BCUT2D eigenvalue weighted by atomic mass is 10.3. The van der Waals surface area contributed by atoms with Crippen molar-refractivity contribution in [2.45, 2.75) is 12.8 Å². The molecule has 0 saturated carbocycles. The second-order valence-corrected chi connectivity index (χ2v) is 3.27. The Bertz CT molecular complexity index is 272. The molecule has 0 amide bonds. The molecular weight excluding hydrogens is 176 g/mol. The van der Waals surface area contributed by atoms with E-state index in [-0.39, 0.29) is 5.69 Å². The van der Waals surface area contributed by atoms with E-state index in [9.17, 15) is 4.79 Å². The number of carbonyl (C=O) groups is 1. The lowest BCUT2D eigenvalue weighted by molar-refractivity contribution is 0.0691. The van der Waals surface area contributed by atoms with Gasteiger partial charge in [-0.05, 0) is 13.0 Å². The summed E-state index contributed by atoms with van der Waals surface area (Å²) in [4.78, 5) is 14.3. The molecule has 0 spiro atoms. The van der Waals surface area contributed by atoms with Gasteiger partial charge in [-0.2, -0.15) is 0 Å². The standard InChI is InChI=1S/C7H10N2O2S/c8-3-1-2-6-9-5(4-12-6)7(10)11/h4H,1-3,8H2,(H,10,11). The first-order valence-electron chi connectivity index (χ1n) is 3.62. The molecule has 5 heteroatoms. The van der Waals surface area contributed by atoms with E-state index in [0.29, 0.717) is 6.54 Å². The highest BCUT2D eigenvalue weighted by molar-refractivity contribution is 7.09. The smallest absolute Gasteiger partial charge is 0.355 e. The van der Waals surface area contributed by atoms with Crippen LogP contribution in [0, 0.1) is 0 Å². The third-order valence-corrected chi connectivity index (χ3v) is 2.27. The average Bonchev–Trinajstić information content (AvgIpc) is 2.48. The average molecular weight is 186 g/mol. The minimum Gasteiger partial charge on any atom is -0.476 e. The number of hydrogen-bond acceptors (Lipinski definition) is 4. The minimum absolute atomic E-state index is 0.132. The van der Waals surface area contributed by atoms with Gasteiger partial charge in [0, 0.05) is 11.8 Å². The highest BCUT2D eigenvalue weighted by atomic mass is 32.1. The molecule has 1 aromatic rings. The molecule has 3 N–H and O–H groups in total. The highest BCUT2D eigenvalue weighted by Crippen LogP contribution is 2.11. The van der Waals surface area contributed by atoms with Gasteiger partial charge in [0.05, 0.1) is 5.01 Å². The van der Waals surface area contributed by atoms with E-state index in [1.807, 2.05) is 0 Å². The summed E-state index contributed by atoms with van der Waals surface area (Å²) in [6.07, 6.45) is 1.63. The van der Waals surface area contributed by atoms with Crippen molar-refractivity contribution in [3.8, 4) is 0 Å². The van der Waals surface area contributed by atoms with Crippen molar-refractivity contribution < 1.29 is 9.90 Å². The van der Waals surface area contributed by atoms with Crippen LogP contribution in [0.5, 0.6) is 0 Å². The number of carboxylic acid groups (broad SMARTS) is 1. The Morgan fingerprint density at radius 3 is 3.00 bits per heavy atom. The van der Waals surface area contributed by atoms with Crippen LogP contribution in [-0.4, -0.2) is 22.6 Å². The topological polar surface area (TPSA) is 76.2 Å². The van der Waals surface area contributed by atoms with Crippen molar-refractivity contribution in [3.63, 3.8) is 0 Å². The van der Waals surface area contributed by atoms with Gasteiger partial charge in [-0.15, -0.1) is 11.3 Å². The van der Waals surface area contributed by atoms with E-state index < -0.39 is 5.97 Å². The van der Waals surface area contributed by atoms with Crippen LogP contribution in [0.25, 0.3) is 0 Å². The van der Waals surface area contributed by atoms with Crippen LogP contribution in [0.3, 0.4) is 0 Å². The Hall–Kier alpha value is -0.940. The molecule has 0 aliphatic carbocycles. The third kappa shape index (κ3) is 2.28. The van der Waals surface area contributed by atoms with Crippen molar-refractivity contribution >= 4 is 17.3 Å². The largest absolute Gasteiger partial charge is 0.476 e. The van der Waals surface area contributed by atoms with Gasteiger partial charge in [-0.3, -0.25) is 0 Å². The predicted molar refractivity (Wildman–Crippen MR) is 46.4 cm³/mol. The molecule has 66 valence electrons. The first-order valence-corrected chi connectivity index (χ1v) is 4.49. The molecule has 1 heterocycles. The van der Waals surface area contributed by atoms with Crippen LogP contribution < -0.4 is 5.73 Å². The predicted octanol–water partition coefficient (Wildman–Crippen LogP) is 0.733. The van der Waals surface area contributed by atoms with Gasteiger partial charge in [0.1, 0.15) is 0 Å². The highest BCUT2D eigenvalue weighted by Gasteiger charge is 2.07. The van der Waals surface area contributed by atoms with E-state index in [1.54, 1.807) is 5.38 Å². The van der Waals surface area contributed by atoms with Gasteiger partial charge in [0.15, 0.2) is 5.69 Å². The molecule has 4 nitrogen and oxygen atoms in total. The van der Waals surface area contributed by atoms with Crippen molar-refractivity contribution in [1.82, 2.24) is 4.98 Å². The number of nitrogens with zero attached hydrogens (tertiary/aromatic N) is 1. The summed E-state index contributed by atoms with van der Waals surface area (Å²) in [6.45, 7) is 0.613. The molecule has 1 aromatic heterocycles. The number of hydrogen-bond donors (Lipinski definition) is 2. The van der Waals surface area contributed by atoms with Crippen LogP contribution in [-0.2, 0) is 6.42 Å². The lowest BCUT2D eigenvalue weighted by Gasteiger charge is -1.90. The summed E-state index contributed by atoms with van der Waals surface area (Å²) in [7, 11) is 0. The fourth-order valence-corrected chi connectivity index (χ4v) is 1.59. The molecule has 0 aromatic carbocycles. The van der Waals surface area contributed by atoms with Crippen LogP contribution in [0.1, 0.15) is 21.9 Å². The summed E-state index contributed by atoms with van der Waals surface area (Å²) in [6, 6.07) is 0. The molecule has 0 aliphatic rings. The fraction of sp³-hybridized carbons (Fsp3) is 0.429. The summed E-state index contributed by atoms with van der Waals surface area (Å²) in [5.41, 5.74) is 5.43. The maximum Gasteiger partial charge on any atom is 0.355 e. The van der Waals surface area contributed by atoms with E-state index >= 15 is 0 Å². The Morgan fingerprint density at radius 2 is 2.50 bits per heavy atom. The Morgan fingerprint density at radius 1 is 1.75 bits per heavy atom. The number of aryl methyl sites for hydroxylation is 1. The normalized spacial score (nSPS) is 10.1. The van der Waals surface area contributed by atoms with Gasteiger partial charge >= 0.3 is 5.97 Å². The maximum atomic E-state index is 10.4. The minimum atomic E-state index is -0.967. The van der Waals surface area contributed by atoms with Gasteiger partial charge < -0.3 is 10.8 Å². The number of aromatic nitrogens is 1. The Labute approximate surface area is 74.0 Å². The van der Waals surface area contributed by atoms with Crippen molar-refractivity contribution in [1.29, 1.82) is 0 Å². The van der Waals surface area contributed by atoms with Crippen molar-refractivity contribution in [2.24, 2.45) is 5.73 Å². The van der Waals surface area contributed by atoms with Crippen LogP contribution in [0.15, 0.2) is 5.38 Å². The second-order valence-electron chi connectivity index (χ2n) is 2.32. The molecule has 0 atom stereocenters. The molecule has 0 aliphatic heterocycles. The number of aromatic carboxylic acids is 1. The Balaban J connectivity index is 2.58. The number of rotatable bonds is 4. The van der Waals surface area contributed by atoms with Crippen LogP contribution in [0.2, 0.25) is 0 Å². The molecule has 0 fully saturated rings. The fourth-order valence-electron chi connectivity index (χ4n) is 0.777. The SMILES string of the molecule is NCCCc1nc(C(=O)O)cs1. The number of nitrogens with two attached hydrogens (primary N) is 1. The molecule has 0 bridgehead atoms. The van der Waals surface area contributed by atoms with E-state index in [2.05, 4.69) is 4.98 Å². The van der Waals surface area contributed by atoms with E-state index in [0.717, 1.165) is 17.8 Å². The zero-order valence-corrected chi connectivity index (χ0v) is 7.30. The van der Waals surface area contributed by atoms with Crippen molar-refractivity contribution in [2.75, 3.05) is 6.54 Å². The van der Waals surface area contributed by atoms with Gasteiger partial charge in [-0.1, -0.05) is 0 Å². The quantitative estimate of drug-likeness (QED) is 0.726. The molecule has 1 rings (SSSR count). The number of thiazole rings is 1. The summed E-state index contributed by atoms with van der Waals surface area (Å²) in [5.74, 6) is -0.967. The van der Waals surface area contributed by atoms with Crippen LogP contribution in [0.4, 0.5) is 0 Å². The zero-order valence-electron chi connectivity index (χ0n) is 6.49. The van der Waals surface area contributed by atoms with Crippen LogP contribution >= 0.6 is 11.3 Å². The van der Waals surface area contributed by atoms with E-state index in [1.165, 1.54) is 11.3 Å². The maximum absolute atomic E-state index is 10.4. The monoisotopic (exact) mass is 186 g/mol. The number of carboxylic acids is 1. The molecule has 0 unspecified atom stereocenters. The molecule has 12 heavy (non-hydrogen) atoms. The summed E-state index contributed by atoms with van der Waals surface area (Å²) in [5, 5.41) is 10.9. The molecular formula is C7H10N2O2S. The molecule has 0 saturated heterocycles. The zero-order chi connectivity index (χ0) is 8.97. The second kappa shape index (κ2) is 4.18. The van der Waals surface area contributed by atoms with Gasteiger partial charge in [0.2, 0.25) is 0 Å². The summed E-state index contributed by atoms with van der Waals surface area (Å²) < 4.78 is 0. The molecule has 0 radical (unpaired) electrons. The first-order chi connectivity index (χ1) is 5.74. The third-order valence-electron chi connectivity index (χ3n) is 1.37. The lowest BCUT2D eigenvalue weighted by Crippen LogP contribution is -2.01. The van der Waals surface area contributed by atoms with E-state index in [4.69, 9.17) is 10.8 Å². The first kappa shape index (κ1) is 9.15.